The molecule has 0 aliphatic carbocycles. The maximum absolute atomic E-state index is 12.0. The molecule has 2 rings (SSSR count). The van der Waals surface area contributed by atoms with Gasteiger partial charge in [-0.05, 0) is 43.0 Å². The Morgan fingerprint density at radius 3 is 2.27 bits per heavy atom. The number of nitrogens with zero attached hydrogens (tertiary/aromatic N) is 1. The van der Waals surface area contributed by atoms with Gasteiger partial charge < -0.3 is 10.6 Å². The van der Waals surface area contributed by atoms with Crippen molar-refractivity contribution in [3.63, 3.8) is 0 Å². The third-order valence-corrected chi connectivity index (χ3v) is 6.04. The van der Waals surface area contributed by atoms with Gasteiger partial charge in [-0.2, -0.15) is 0 Å². The summed E-state index contributed by atoms with van der Waals surface area (Å²) in [4.78, 5) is 4.22. The van der Waals surface area contributed by atoms with Gasteiger partial charge in [-0.1, -0.05) is 54.1 Å². The summed E-state index contributed by atoms with van der Waals surface area (Å²) in [5, 5.41) is 7.29. The van der Waals surface area contributed by atoms with E-state index < -0.39 is 10.0 Å². The molecule has 0 radical (unpaired) electrons. The lowest BCUT2D eigenvalue weighted by Crippen LogP contribution is -2.37. The number of rotatable bonds is 9. The third-order valence-electron chi connectivity index (χ3n) is 4.12. The Kier molecular flexibility index (Phi) is 11.7. The number of aliphatic imine (C=N–C) groups is 1. The molecule has 0 aromatic heterocycles. The Morgan fingerprint density at radius 2 is 1.67 bits per heavy atom. The molecule has 9 heteroatoms. The van der Waals surface area contributed by atoms with Crippen molar-refractivity contribution in [2.45, 2.75) is 38.6 Å². The van der Waals surface area contributed by atoms with Gasteiger partial charge in [-0.15, -0.1) is 24.0 Å². The molecule has 0 spiro atoms. The van der Waals surface area contributed by atoms with Crippen LogP contribution in [0.3, 0.4) is 0 Å². The van der Waals surface area contributed by atoms with E-state index in [0.717, 1.165) is 28.1 Å². The fourth-order valence-corrected chi connectivity index (χ4v) is 4.46. The Balaban J connectivity index is 0.00000450. The summed E-state index contributed by atoms with van der Waals surface area (Å²) in [5.74, 6) is 0.675. The van der Waals surface area contributed by atoms with E-state index in [1.54, 1.807) is 7.05 Å². The summed E-state index contributed by atoms with van der Waals surface area (Å²) in [7, 11) is -1.59. The largest absolute Gasteiger partial charge is 0.356 e. The zero-order valence-electron chi connectivity index (χ0n) is 17.5. The molecule has 166 valence electrons. The van der Waals surface area contributed by atoms with Crippen LogP contribution in [0.5, 0.6) is 0 Å². The minimum Gasteiger partial charge on any atom is -0.356 e. The van der Waals surface area contributed by atoms with Crippen LogP contribution in [0, 0.1) is 0 Å². The van der Waals surface area contributed by atoms with Crippen molar-refractivity contribution < 1.29 is 8.42 Å². The highest BCUT2D eigenvalue weighted by Crippen LogP contribution is 2.14. The molecule has 0 unspecified atom stereocenters. The number of hydrogen-bond acceptors (Lipinski definition) is 3. The summed E-state index contributed by atoms with van der Waals surface area (Å²) in [6, 6.07) is 15.2. The molecule has 0 atom stereocenters. The molecule has 0 saturated heterocycles. The van der Waals surface area contributed by atoms with E-state index in [2.05, 4.69) is 20.3 Å². The second-order valence-corrected chi connectivity index (χ2v) is 9.20. The van der Waals surface area contributed by atoms with Crippen LogP contribution in [0.1, 0.15) is 30.5 Å². The van der Waals surface area contributed by atoms with Crippen LogP contribution in [-0.4, -0.2) is 34.0 Å². The summed E-state index contributed by atoms with van der Waals surface area (Å²) in [6.45, 7) is 4.91. The van der Waals surface area contributed by atoms with E-state index in [1.165, 1.54) is 0 Å². The predicted octanol–water partition coefficient (Wildman–Crippen LogP) is 3.69. The SMILES string of the molecule is CN=C(NCCc1ccccc1Cl)NCc1ccc(CS(=O)(=O)NC(C)C)cc1.I. The minimum atomic E-state index is -3.32. The summed E-state index contributed by atoms with van der Waals surface area (Å²) in [6.07, 6.45) is 0.800. The lowest BCUT2D eigenvalue weighted by Gasteiger charge is -2.13. The number of benzene rings is 2. The van der Waals surface area contributed by atoms with Gasteiger partial charge in [0, 0.05) is 31.2 Å². The van der Waals surface area contributed by atoms with Crippen molar-refractivity contribution in [1.82, 2.24) is 15.4 Å². The zero-order valence-corrected chi connectivity index (χ0v) is 21.4. The maximum atomic E-state index is 12.0. The standard InChI is InChI=1S/C21H29ClN4O2S.HI/c1-16(2)26-29(27,28)15-18-10-8-17(9-11-18)14-25-21(23-3)24-13-12-19-6-4-5-7-20(19)22;/h4-11,16,26H,12-15H2,1-3H3,(H2,23,24,25);1H. The molecular formula is C21H30ClIN4O2S. The average Bonchev–Trinajstić information content (AvgIpc) is 2.65. The van der Waals surface area contributed by atoms with Crippen molar-refractivity contribution in [1.29, 1.82) is 0 Å². The van der Waals surface area contributed by atoms with Crippen LogP contribution < -0.4 is 15.4 Å². The number of sulfonamides is 1. The van der Waals surface area contributed by atoms with E-state index >= 15 is 0 Å². The smallest absolute Gasteiger partial charge is 0.216 e. The normalized spacial score (nSPS) is 11.8. The molecular weight excluding hydrogens is 535 g/mol. The fraction of sp³-hybridized carbons (Fsp3) is 0.381. The third kappa shape index (κ3) is 9.63. The van der Waals surface area contributed by atoms with Crippen LogP contribution in [0.2, 0.25) is 5.02 Å². The van der Waals surface area contributed by atoms with E-state index in [1.807, 2.05) is 62.4 Å². The van der Waals surface area contributed by atoms with Crippen LogP contribution >= 0.6 is 35.6 Å². The molecule has 0 fully saturated rings. The topological polar surface area (TPSA) is 82.6 Å². The van der Waals surface area contributed by atoms with Gasteiger partial charge in [0.15, 0.2) is 5.96 Å². The monoisotopic (exact) mass is 564 g/mol. The Morgan fingerprint density at radius 1 is 1.03 bits per heavy atom. The van der Waals surface area contributed by atoms with Crippen LogP contribution in [0.25, 0.3) is 0 Å². The first-order chi connectivity index (χ1) is 13.8. The molecule has 0 aliphatic heterocycles. The Hall–Kier alpha value is -1.36. The lowest BCUT2D eigenvalue weighted by atomic mass is 10.1. The molecule has 0 bridgehead atoms. The first-order valence-corrected chi connectivity index (χ1v) is 11.6. The van der Waals surface area contributed by atoms with Gasteiger partial charge >= 0.3 is 0 Å². The maximum Gasteiger partial charge on any atom is 0.216 e. The lowest BCUT2D eigenvalue weighted by molar-refractivity contribution is 0.569. The fourth-order valence-electron chi connectivity index (χ4n) is 2.80. The number of nitrogens with one attached hydrogen (secondary N) is 3. The second-order valence-electron chi connectivity index (χ2n) is 7.04. The Bertz CT molecular complexity index is 919. The summed E-state index contributed by atoms with van der Waals surface area (Å²) < 4.78 is 26.6. The minimum absolute atomic E-state index is 0. The van der Waals surface area contributed by atoms with Gasteiger partial charge in [0.2, 0.25) is 10.0 Å². The van der Waals surface area contributed by atoms with Gasteiger partial charge in [-0.3, -0.25) is 4.99 Å². The predicted molar refractivity (Wildman–Crippen MR) is 136 cm³/mol. The van der Waals surface area contributed by atoms with E-state index in [-0.39, 0.29) is 35.8 Å². The van der Waals surface area contributed by atoms with Gasteiger partial charge in [0.25, 0.3) is 0 Å². The molecule has 6 nitrogen and oxygen atoms in total. The summed E-state index contributed by atoms with van der Waals surface area (Å²) in [5.41, 5.74) is 2.88. The van der Waals surface area contributed by atoms with Crippen molar-refractivity contribution >= 4 is 51.6 Å². The molecule has 30 heavy (non-hydrogen) atoms. The van der Waals surface area contributed by atoms with Crippen molar-refractivity contribution in [2.24, 2.45) is 4.99 Å². The average molecular weight is 565 g/mol. The highest BCUT2D eigenvalue weighted by molar-refractivity contribution is 14.0. The molecule has 0 saturated carbocycles. The summed E-state index contributed by atoms with van der Waals surface area (Å²) >= 11 is 6.18. The number of hydrogen-bond donors (Lipinski definition) is 3. The van der Waals surface area contributed by atoms with Gasteiger partial charge in [-0.25, -0.2) is 13.1 Å². The number of guanidine groups is 1. The quantitative estimate of drug-likeness (QED) is 0.247. The second kappa shape index (κ2) is 13.1. The van der Waals surface area contributed by atoms with Gasteiger partial charge in [0.05, 0.1) is 5.75 Å². The van der Waals surface area contributed by atoms with Crippen LogP contribution in [0.15, 0.2) is 53.5 Å². The van der Waals surface area contributed by atoms with E-state index in [0.29, 0.717) is 19.0 Å². The van der Waals surface area contributed by atoms with Crippen molar-refractivity contribution in [3.8, 4) is 0 Å². The molecule has 0 heterocycles. The van der Waals surface area contributed by atoms with E-state index in [9.17, 15) is 8.42 Å². The van der Waals surface area contributed by atoms with Crippen LogP contribution in [-0.2, 0) is 28.7 Å². The van der Waals surface area contributed by atoms with Crippen LogP contribution in [0.4, 0.5) is 0 Å². The molecule has 2 aromatic rings. The van der Waals surface area contributed by atoms with Crippen molar-refractivity contribution in [2.75, 3.05) is 13.6 Å². The Labute approximate surface area is 202 Å². The molecule has 2 aromatic carbocycles. The van der Waals surface area contributed by atoms with Crippen molar-refractivity contribution in [3.05, 3.63) is 70.2 Å². The van der Waals surface area contributed by atoms with E-state index in [4.69, 9.17) is 11.6 Å². The molecule has 0 amide bonds. The first-order valence-electron chi connectivity index (χ1n) is 9.55. The highest BCUT2D eigenvalue weighted by Gasteiger charge is 2.12. The van der Waals surface area contributed by atoms with Gasteiger partial charge in [0.1, 0.15) is 0 Å². The highest BCUT2D eigenvalue weighted by atomic mass is 127. The molecule has 0 aliphatic rings. The number of halogens is 2. The first kappa shape index (κ1) is 26.7. The zero-order chi connectivity index (χ0) is 21.3. The molecule has 3 N–H and O–H groups in total.